The zero-order valence-electron chi connectivity index (χ0n) is 13.8. The van der Waals surface area contributed by atoms with Gasteiger partial charge in [-0.3, -0.25) is 0 Å². The molecule has 0 spiro atoms. The van der Waals surface area contributed by atoms with Crippen LogP contribution in [0.4, 0.5) is 0 Å². The van der Waals surface area contributed by atoms with Gasteiger partial charge in [-0.25, -0.2) is 16.8 Å². The summed E-state index contributed by atoms with van der Waals surface area (Å²) in [6, 6.07) is 4.45. The van der Waals surface area contributed by atoms with E-state index in [-0.39, 0.29) is 50.2 Å². The van der Waals surface area contributed by atoms with Gasteiger partial charge < -0.3 is 14.2 Å². The lowest BCUT2D eigenvalue weighted by Crippen LogP contribution is -2.51. The molecule has 1 aromatic carbocycles. The Hall–Kier alpha value is -1.40. The molecule has 0 unspecified atom stereocenters. The molecule has 0 bridgehead atoms. The van der Waals surface area contributed by atoms with Crippen LogP contribution in [0.3, 0.4) is 0 Å². The van der Waals surface area contributed by atoms with Crippen molar-refractivity contribution >= 4 is 20.0 Å². The van der Waals surface area contributed by atoms with Gasteiger partial charge in [-0.15, -0.1) is 0 Å². The minimum Gasteiger partial charge on any atom is -0.454 e. The van der Waals surface area contributed by atoms with Gasteiger partial charge in [-0.1, -0.05) is 0 Å². The van der Waals surface area contributed by atoms with Crippen LogP contribution in [0.1, 0.15) is 0 Å². The standard InChI is InChI=1S/C14H20N2O7S2/c1-21-8-9-24(17,18)15-4-6-16(7-5-15)25(19,20)12-2-3-13-14(10-12)23-11-22-13/h2-3,10H,4-9,11H2,1H3. The van der Waals surface area contributed by atoms with Gasteiger partial charge in [0.25, 0.3) is 0 Å². The van der Waals surface area contributed by atoms with Crippen molar-refractivity contribution in [2.75, 3.05) is 52.4 Å². The van der Waals surface area contributed by atoms with Crippen LogP contribution in [0, 0.1) is 0 Å². The van der Waals surface area contributed by atoms with Gasteiger partial charge in [-0.05, 0) is 12.1 Å². The number of fused-ring (bicyclic) bond motifs is 1. The number of rotatable bonds is 6. The monoisotopic (exact) mass is 392 g/mol. The van der Waals surface area contributed by atoms with Crippen LogP contribution < -0.4 is 9.47 Å². The number of hydrogen-bond acceptors (Lipinski definition) is 7. The lowest BCUT2D eigenvalue weighted by atomic mass is 10.3. The highest BCUT2D eigenvalue weighted by molar-refractivity contribution is 7.89. The first-order valence-electron chi connectivity index (χ1n) is 7.71. The molecule has 1 saturated heterocycles. The van der Waals surface area contributed by atoms with Crippen LogP contribution in [0.15, 0.2) is 23.1 Å². The second-order valence-corrected chi connectivity index (χ2v) is 9.65. The number of sulfonamides is 2. The Morgan fingerprint density at radius 2 is 1.64 bits per heavy atom. The fourth-order valence-corrected chi connectivity index (χ4v) is 5.49. The van der Waals surface area contributed by atoms with Gasteiger partial charge >= 0.3 is 0 Å². The zero-order chi connectivity index (χ0) is 18.1. The quantitative estimate of drug-likeness (QED) is 0.655. The van der Waals surface area contributed by atoms with Crippen LogP contribution >= 0.6 is 0 Å². The molecule has 0 aromatic heterocycles. The minimum atomic E-state index is -3.72. The number of hydrogen-bond donors (Lipinski definition) is 0. The summed E-state index contributed by atoms with van der Waals surface area (Å²) in [7, 11) is -5.72. The van der Waals surface area contributed by atoms with E-state index in [2.05, 4.69) is 0 Å². The summed E-state index contributed by atoms with van der Waals surface area (Å²) in [6.07, 6.45) is 0. The predicted octanol–water partition coefficient (Wildman–Crippen LogP) is -0.302. The summed E-state index contributed by atoms with van der Waals surface area (Å²) in [5.74, 6) is 0.785. The highest BCUT2D eigenvalue weighted by Gasteiger charge is 2.33. The fraction of sp³-hybridized carbons (Fsp3) is 0.571. The minimum absolute atomic E-state index is 0.0663. The highest BCUT2D eigenvalue weighted by atomic mass is 32.2. The van der Waals surface area contributed by atoms with Crippen molar-refractivity contribution in [2.24, 2.45) is 0 Å². The number of benzene rings is 1. The summed E-state index contributed by atoms with van der Waals surface area (Å²) >= 11 is 0. The van der Waals surface area contributed by atoms with Crippen molar-refractivity contribution in [3.05, 3.63) is 18.2 Å². The van der Waals surface area contributed by atoms with Crippen molar-refractivity contribution in [1.82, 2.24) is 8.61 Å². The van der Waals surface area contributed by atoms with Crippen molar-refractivity contribution in [3.8, 4) is 11.5 Å². The van der Waals surface area contributed by atoms with E-state index in [1.165, 1.54) is 27.9 Å². The van der Waals surface area contributed by atoms with E-state index in [1.54, 1.807) is 6.07 Å². The van der Waals surface area contributed by atoms with E-state index in [0.29, 0.717) is 11.5 Å². The Morgan fingerprint density at radius 3 is 2.32 bits per heavy atom. The van der Waals surface area contributed by atoms with Crippen molar-refractivity contribution < 1.29 is 31.0 Å². The molecule has 0 amide bonds. The Morgan fingerprint density at radius 1 is 1.00 bits per heavy atom. The maximum atomic E-state index is 12.8. The molecular formula is C14H20N2O7S2. The fourth-order valence-electron chi connectivity index (χ4n) is 2.69. The first-order chi connectivity index (χ1) is 11.8. The first kappa shape index (κ1) is 18.4. The molecule has 0 radical (unpaired) electrons. The molecule has 1 fully saturated rings. The largest absolute Gasteiger partial charge is 0.454 e. The lowest BCUT2D eigenvalue weighted by Gasteiger charge is -2.33. The Kier molecular flexibility index (Phi) is 5.21. The van der Waals surface area contributed by atoms with Gasteiger partial charge in [0.1, 0.15) is 0 Å². The third kappa shape index (κ3) is 3.75. The third-order valence-electron chi connectivity index (χ3n) is 4.12. The molecule has 0 aliphatic carbocycles. The molecule has 25 heavy (non-hydrogen) atoms. The average Bonchev–Trinajstić information content (AvgIpc) is 3.08. The smallest absolute Gasteiger partial charge is 0.243 e. The van der Waals surface area contributed by atoms with Crippen LogP contribution in [0.25, 0.3) is 0 Å². The second-order valence-electron chi connectivity index (χ2n) is 5.63. The predicted molar refractivity (Wildman–Crippen MR) is 88.6 cm³/mol. The summed E-state index contributed by atoms with van der Waals surface area (Å²) < 4.78 is 67.6. The Balaban J connectivity index is 1.70. The highest BCUT2D eigenvalue weighted by Crippen LogP contribution is 2.34. The van der Waals surface area contributed by atoms with Crippen LogP contribution in [-0.4, -0.2) is 77.9 Å². The van der Waals surface area contributed by atoms with E-state index >= 15 is 0 Å². The molecule has 9 nitrogen and oxygen atoms in total. The molecule has 2 heterocycles. The van der Waals surface area contributed by atoms with Gasteiger partial charge in [0, 0.05) is 39.4 Å². The number of ether oxygens (including phenoxy) is 3. The van der Waals surface area contributed by atoms with Gasteiger partial charge in [0.2, 0.25) is 26.8 Å². The maximum absolute atomic E-state index is 12.8. The Labute approximate surface area is 147 Å². The molecule has 2 aliphatic heterocycles. The SMILES string of the molecule is COCCS(=O)(=O)N1CCN(S(=O)(=O)c2ccc3c(c2)OCO3)CC1. The molecule has 11 heteroatoms. The topological polar surface area (TPSA) is 102 Å². The summed E-state index contributed by atoms with van der Waals surface area (Å²) in [5.41, 5.74) is 0. The van der Waals surface area contributed by atoms with Crippen molar-refractivity contribution in [2.45, 2.75) is 4.90 Å². The van der Waals surface area contributed by atoms with Crippen LogP contribution in [0.5, 0.6) is 11.5 Å². The van der Waals surface area contributed by atoms with E-state index in [9.17, 15) is 16.8 Å². The molecule has 0 saturated carbocycles. The first-order valence-corrected chi connectivity index (χ1v) is 10.8. The molecule has 0 atom stereocenters. The maximum Gasteiger partial charge on any atom is 0.243 e. The Bertz CT molecular complexity index is 831. The number of methoxy groups -OCH3 is 1. The molecule has 140 valence electrons. The second kappa shape index (κ2) is 7.08. The summed E-state index contributed by atoms with van der Waals surface area (Å²) in [6.45, 7) is 0.618. The normalized spacial score (nSPS) is 19.2. The van der Waals surface area contributed by atoms with Gasteiger partial charge in [0.05, 0.1) is 17.3 Å². The molecule has 0 N–H and O–H groups in total. The van der Waals surface area contributed by atoms with Crippen LogP contribution in [-0.2, 0) is 24.8 Å². The number of piperazine rings is 1. The summed E-state index contributed by atoms with van der Waals surface area (Å²) in [5, 5.41) is 0. The number of nitrogens with zero attached hydrogens (tertiary/aromatic N) is 2. The van der Waals surface area contributed by atoms with Crippen molar-refractivity contribution in [3.63, 3.8) is 0 Å². The summed E-state index contributed by atoms with van der Waals surface area (Å²) in [4.78, 5) is 0.104. The van der Waals surface area contributed by atoms with Gasteiger partial charge in [-0.2, -0.15) is 8.61 Å². The van der Waals surface area contributed by atoms with Gasteiger partial charge in [0.15, 0.2) is 11.5 Å². The lowest BCUT2D eigenvalue weighted by molar-refractivity contribution is 0.174. The van der Waals surface area contributed by atoms with E-state index in [4.69, 9.17) is 14.2 Å². The average molecular weight is 392 g/mol. The van der Waals surface area contributed by atoms with E-state index < -0.39 is 20.0 Å². The van der Waals surface area contributed by atoms with E-state index in [0.717, 1.165) is 0 Å². The molecule has 1 aromatic rings. The molecular weight excluding hydrogens is 372 g/mol. The van der Waals surface area contributed by atoms with Crippen molar-refractivity contribution in [1.29, 1.82) is 0 Å². The van der Waals surface area contributed by atoms with E-state index in [1.807, 2.05) is 0 Å². The molecule has 2 aliphatic rings. The van der Waals surface area contributed by atoms with Crippen LogP contribution in [0.2, 0.25) is 0 Å². The molecule has 3 rings (SSSR count). The zero-order valence-corrected chi connectivity index (χ0v) is 15.4. The third-order valence-corrected chi connectivity index (χ3v) is 7.85.